The molecule has 1 N–H and O–H groups in total. The minimum Gasteiger partial charge on any atom is -0.479 e. The van der Waals surface area contributed by atoms with E-state index < -0.39 is 18.0 Å². The van der Waals surface area contributed by atoms with Gasteiger partial charge in [0.15, 0.2) is 6.10 Å². The molecule has 0 amide bonds. The van der Waals surface area contributed by atoms with Crippen LogP contribution >= 0.6 is 0 Å². The first-order valence-corrected chi connectivity index (χ1v) is 4.67. The van der Waals surface area contributed by atoms with E-state index in [9.17, 15) is 9.59 Å². The third-order valence-electron chi connectivity index (χ3n) is 1.75. The molecule has 0 aromatic heterocycles. The van der Waals surface area contributed by atoms with Crippen LogP contribution in [0, 0.1) is 0 Å². The Labute approximate surface area is 92.6 Å². The highest BCUT2D eigenvalue weighted by atomic mass is 16.5. The van der Waals surface area contributed by atoms with Crippen molar-refractivity contribution in [2.24, 2.45) is 0 Å². The highest BCUT2D eigenvalue weighted by Gasteiger charge is 2.12. The molecule has 1 aromatic rings. The predicted octanol–water partition coefficient (Wildman–Crippen LogP) is 1.46. The number of hydrogen-bond acceptors (Lipinski definition) is 4. The summed E-state index contributed by atoms with van der Waals surface area (Å²) in [6.07, 6.45) is -0.917. The van der Waals surface area contributed by atoms with Crippen molar-refractivity contribution in [1.82, 2.24) is 0 Å². The second kappa shape index (κ2) is 5.16. The van der Waals surface area contributed by atoms with Gasteiger partial charge in [-0.15, -0.1) is 0 Å². The van der Waals surface area contributed by atoms with Crippen molar-refractivity contribution < 1.29 is 24.2 Å². The highest BCUT2D eigenvalue weighted by molar-refractivity contribution is 5.72. The number of carboxylic acids is 1. The molecule has 1 rings (SSSR count). The molecule has 0 aliphatic carbocycles. The minimum absolute atomic E-state index is 0.392. The number of benzene rings is 1. The second-order valence-corrected chi connectivity index (χ2v) is 3.16. The summed E-state index contributed by atoms with van der Waals surface area (Å²) in [5, 5.41) is 8.62. The molecule has 0 aliphatic rings. The zero-order valence-electron chi connectivity index (χ0n) is 8.97. The van der Waals surface area contributed by atoms with Gasteiger partial charge in [-0.3, -0.25) is 4.79 Å². The van der Waals surface area contributed by atoms with Crippen molar-refractivity contribution in [1.29, 1.82) is 0 Å². The Kier molecular flexibility index (Phi) is 3.88. The summed E-state index contributed by atoms with van der Waals surface area (Å²) in [5.74, 6) is -0.648. The van der Waals surface area contributed by atoms with Gasteiger partial charge in [0.05, 0.1) is 0 Å². The quantitative estimate of drug-likeness (QED) is 0.619. The summed E-state index contributed by atoms with van der Waals surface area (Å²) in [4.78, 5) is 21.2. The Bertz CT molecular complexity index is 382. The van der Waals surface area contributed by atoms with Crippen LogP contribution < -0.4 is 9.47 Å². The fourth-order valence-electron chi connectivity index (χ4n) is 1.01. The van der Waals surface area contributed by atoms with E-state index in [0.29, 0.717) is 11.5 Å². The Balaban J connectivity index is 2.64. The number of esters is 1. The number of carbonyl (C=O) groups excluding carboxylic acids is 1. The number of aliphatic carboxylic acids is 1. The summed E-state index contributed by atoms with van der Waals surface area (Å²) in [7, 11) is 0. The third kappa shape index (κ3) is 3.61. The molecule has 5 heteroatoms. The lowest BCUT2D eigenvalue weighted by atomic mass is 10.3. The van der Waals surface area contributed by atoms with Crippen LogP contribution in [0.15, 0.2) is 24.3 Å². The van der Waals surface area contributed by atoms with Crippen LogP contribution in [-0.4, -0.2) is 23.1 Å². The van der Waals surface area contributed by atoms with Gasteiger partial charge in [-0.1, -0.05) is 0 Å². The van der Waals surface area contributed by atoms with E-state index in [1.165, 1.54) is 38.1 Å². The Morgan fingerprint density at radius 3 is 2.12 bits per heavy atom. The van der Waals surface area contributed by atoms with Gasteiger partial charge < -0.3 is 14.6 Å². The lowest BCUT2D eigenvalue weighted by molar-refractivity contribution is -0.144. The van der Waals surface area contributed by atoms with Gasteiger partial charge in [0.25, 0.3) is 0 Å². The molecule has 1 unspecified atom stereocenters. The van der Waals surface area contributed by atoms with E-state index in [1.54, 1.807) is 0 Å². The van der Waals surface area contributed by atoms with Crippen LogP contribution in [0.4, 0.5) is 0 Å². The molecule has 0 aliphatic heterocycles. The van der Waals surface area contributed by atoms with Crippen molar-refractivity contribution in [3.05, 3.63) is 24.3 Å². The molecule has 0 radical (unpaired) electrons. The molecule has 0 saturated carbocycles. The van der Waals surface area contributed by atoms with E-state index in [2.05, 4.69) is 0 Å². The summed E-state index contributed by atoms with van der Waals surface area (Å²) in [6.45, 7) is 2.74. The monoisotopic (exact) mass is 224 g/mol. The molecule has 0 bridgehead atoms. The van der Waals surface area contributed by atoms with E-state index in [1.807, 2.05) is 0 Å². The second-order valence-electron chi connectivity index (χ2n) is 3.16. The maximum Gasteiger partial charge on any atom is 0.344 e. The fourth-order valence-corrected chi connectivity index (χ4v) is 1.01. The normalized spacial score (nSPS) is 11.6. The largest absolute Gasteiger partial charge is 0.479 e. The fraction of sp³-hybridized carbons (Fsp3) is 0.273. The number of rotatable bonds is 4. The maximum atomic E-state index is 10.6. The zero-order valence-corrected chi connectivity index (χ0v) is 8.97. The van der Waals surface area contributed by atoms with Crippen LogP contribution in [0.2, 0.25) is 0 Å². The van der Waals surface area contributed by atoms with Crippen molar-refractivity contribution >= 4 is 11.9 Å². The number of carbonyl (C=O) groups is 2. The van der Waals surface area contributed by atoms with Crippen LogP contribution in [0.3, 0.4) is 0 Å². The van der Waals surface area contributed by atoms with E-state index in [0.717, 1.165) is 0 Å². The first kappa shape index (κ1) is 12.0. The smallest absolute Gasteiger partial charge is 0.344 e. The number of ether oxygens (including phenoxy) is 2. The SMILES string of the molecule is CC(=O)Oc1ccc(OC(C)C(=O)O)cc1. The lowest BCUT2D eigenvalue weighted by Crippen LogP contribution is -2.22. The van der Waals surface area contributed by atoms with E-state index in [-0.39, 0.29) is 0 Å². The molecular weight excluding hydrogens is 212 g/mol. The Morgan fingerprint density at radius 1 is 1.19 bits per heavy atom. The summed E-state index contributed by atoms with van der Waals surface area (Å²) in [6, 6.07) is 6.14. The average molecular weight is 224 g/mol. The van der Waals surface area contributed by atoms with Crippen LogP contribution in [0.25, 0.3) is 0 Å². The topological polar surface area (TPSA) is 72.8 Å². The predicted molar refractivity (Wildman–Crippen MR) is 55.5 cm³/mol. The van der Waals surface area contributed by atoms with E-state index in [4.69, 9.17) is 14.6 Å². The molecular formula is C11H12O5. The molecule has 16 heavy (non-hydrogen) atoms. The van der Waals surface area contributed by atoms with Crippen molar-refractivity contribution in [3.63, 3.8) is 0 Å². The van der Waals surface area contributed by atoms with Crippen LogP contribution in [-0.2, 0) is 9.59 Å². The summed E-state index contributed by atoms with van der Waals surface area (Å²) >= 11 is 0. The van der Waals surface area contributed by atoms with E-state index >= 15 is 0 Å². The zero-order chi connectivity index (χ0) is 12.1. The first-order chi connectivity index (χ1) is 7.49. The van der Waals surface area contributed by atoms with Crippen molar-refractivity contribution in [2.45, 2.75) is 20.0 Å². The third-order valence-corrected chi connectivity index (χ3v) is 1.75. The average Bonchev–Trinajstić information content (AvgIpc) is 2.20. The summed E-state index contributed by atoms with van der Waals surface area (Å²) < 4.78 is 9.91. The molecule has 0 spiro atoms. The van der Waals surface area contributed by atoms with Gasteiger partial charge in [-0.05, 0) is 31.2 Å². The van der Waals surface area contributed by atoms with Crippen molar-refractivity contribution in [2.75, 3.05) is 0 Å². The molecule has 1 atom stereocenters. The van der Waals surface area contributed by atoms with Gasteiger partial charge in [-0.25, -0.2) is 4.79 Å². The standard InChI is InChI=1S/C11H12O5/c1-7(11(13)14)15-9-3-5-10(6-4-9)16-8(2)12/h3-7H,1-2H3,(H,13,14). The van der Waals surface area contributed by atoms with Gasteiger partial charge >= 0.3 is 11.9 Å². The molecule has 86 valence electrons. The van der Waals surface area contributed by atoms with Crippen LogP contribution in [0.1, 0.15) is 13.8 Å². The molecule has 1 aromatic carbocycles. The number of hydrogen-bond donors (Lipinski definition) is 1. The van der Waals surface area contributed by atoms with Gasteiger partial charge in [-0.2, -0.15) is 0 Å². The van der Waals surface area contributed by atoms with Gasteiger partial charge in [0, 0.05) is 6.92 Å². The first-order valence-electron chi connectivity index (χ1n) is 4.67. The Morgan fingerprint density at radius 2 is 1.69 bits per heavy atom. The molecule has 0 saturated heterocycles. The van der Waals surface area contributed by atoms with Gasteiger partial charge in [0.2, 0.25) is 0 Å². The minimum atomic E-state index is -1.04. The Hall–Kier alpha value is -2.04. The lowest BCUT2D eigenvalue weighted by Gasteiger charge is -2.10. The van der Waals surface area contributed by atoms with Crippen molar-refractivity contribution in [3.8, 4) is 11.5 Å². The van der Waals surface area contributed by atoms with Gasteiger partial charge in [0.1, 0.15) is 11.5 Å². The molecule has 0 heterocycles. The molecule has 0 fully saturated rings. The maximum absolute atomic E-state index is 10.6. The molecule has 5 nitrogen and oxygen atoms in total. The summed E-state index contributed by atoms with van der Waals surface area (Å²) in [5.41, 5.74) is 0. The highest BCUT2D eigenvalue weighted by Crippen LogP contribution is 2.18. The van der Waals surface area contributed by atoms with Crippen LogP contribution in [0.5, 0.6) is 11.5 Å². The number of carboxylic acid groups (broad SMARTS) is 1.